The highest BCUT2D eigenvalue weighted by atomic mass is 35.5. The van der Waals surface area contributed by atoms with Crippen LogP contribution in [-0.2, 0) is 67.2 Å². The summed E-state index contributed by atoms with van der Waals surface area (Å²) in [6, 6.07) is 21.8. The van der Waals surface area contributed by atoms with Gasteiger partial charge in [0, 0.05) is 42.5 Å². The predicted molar refractivity (Wildman–Crippen MR) is 339 cm³/mol. The van der Waals surface area contributed by atoms with Crippen LogP contribution in [0.2, 0.25) is 10.2 Å². The number of fused-ring (bicyclic) bond motifs is 1. The van der Waals surface area contributed by atoms with Gasteiger partial charge in [0.15, 0.2) is 21.3 Å². The molecule has 4 N–H and O–H groups in total. The first-order valence-electron chi connectivity index (χ1n) is 28.6. The zero-order valence-electron chi connectivity index (χ0n) is 51.7. The lowest BCUT2D eigenvalue weighted by molar-refractivity contribution is -0.143. The van der Waals surface area contributed by atoms with Crippen LogP contribution < -0.4 is 25.1 Å². The fourth-order valence-corrected chi connectivity index (χ4v) is 11.8. The number of sulfonamides is 1. The number of halogens is 2. The van der Waals surface area contributed by atoms with Crippen molar-refractivity contribution >= 4 is 78.3 Å². The molecular formula is C63H70Cl2N8O16S2. The van der Waals surface area contributed by atoms with Gasteiger partial charge in [-0.15, -0.1) is 0 Å². The van der Waals surface area contributed by atoms with E-state index >= 15 is 0 Å². The number of hydrogen-bond donors (Lipinski definition) is 4. The maximum absolute atomic E-state index is 13.5. The molecule has 1 fully saturated rings. The van der Waals surface area contributed by atoms with Gasteiger partial charge in [0.25, 0.3) is 27.4 Å². The molecule has 24 nitrogen and oxygen atoms in total. The number of ether oxygens (including phenoxy) is 3. The van der Waals surface area contributed by atoms with Crippen molar-refractivity contribution < 1.29 is 70.1 Å². The zero-order chi connectivity index (χ0) is 66.9. The molecule has 2 amide bonds. The van der Waals surface area contributed by atoms with Crippen molar-refractivity contribution in [2.75, 3.05) is 33.2 Å². The number of benzene rings is 4. The van der Waals surface area contributed by atoms with Crippen molar-refractivity contribution in [1.82, 2.24) is 34.2 Å². The van der Waals surface area contributed by atoms with E-state index in [1.807, 2.05) is 25.5 Å². The maximum Gasteiger partial charge on any atom is 0.356 e. The molecule has 0 unspecified atom stereocenters. The number of esters is 1. The van der Waals surface area contributed by atoms with E-state index in [2.05, 4.69) is 53.5 Å². The van der Waals surface area contributed by atoms with Gasteiger partial charge in [0.05, 0.1) is 71.1 Å². The number of methoxy groups -OCH3 is 1. The van der Waals surface area contributed by atoms with E-state index in [-0.39, 0.29) is 77.5 Å². The van der Waals surface area contributed by atoms with Crippen LogP contribution in [0.5, 0.6) is 17.5 Å². The summed E-state index contributed by atoms with van der Waals surface area (Å²) >= 11 is 10.9. The van der Waals surface area contributed by atoms with Crippen molar-refractivity contribution in [3.05, 3.63) is 167 Å². The molecule has 2 aliphatic heterocycles. The number of oxime groups is 1. The molecule has 0 bridgehead atoms. The number of para-hydroxylation sites is 1. The number of aromatic hydroxyl groups is 1. The summed E-state index contributed by atoms with van der Waals surface area (Å²) in [4.78, 5) is 82.2. The third-order valence-electron chi connectivity index (χ3n) is 14.4. The number of carboxylic acid groups (broad SMARTS) is 1. The minimum absolute atomic E-state index is 0.0493. The predicted octanol–water partition coefficient (Wildman–Crippen LogP) is 8.72. The van der Waals surface area contributed by atoms with Gasteiger partial charge >= 0.3 is 11.9 Å². The molecule has 0 atom stereocenters. The zero-order valence-corrected chi connectivity index (χ0v) is 54.8. The van der Waals surface area contributed by atoms with Gasteiger partial charge in [-0.1, -0.05) is 72.0 Å². The summed E-state index contributed by atoms with van der Waals surface area (Å²) < 4.78 is 72.3. The molecule has 1 saturated carbocycles. The van der Waals surface area contributed by atoms with Crippen LogP contribution in [0.25, 0.3) is 11.1 Å². The lowest BCUT2D eigenvalue weighted by Gasteiger charge is -2.19. The number of carboxylic acids is 1. The molecule has 91 heavy (non-hydrogen) atoms. The molecule has 28 heteroatoms. The van der Waals surface area contributed by atoms with Crippen LogP contribution in [0.15, 0.2) is 111 Å². The van der Waals surface area contributed by atoms with Crippen LogP contribution in [-0.4, -0.2) is 126 Å². The fourth-order valence-electron chi connectivity index (χ4n) is 9.53. The Kier molecular flexibility index (Phi) is 22.6. The lowest BCUT2D eigenvalue weighted by Crippen LogP contribution is -2.31. The van der Waals surface area contributed by atoms with Gasteiger partial charge in [0.2, 0.25) is 11.8 Å². The smallest absolute Gasteiger partial charge is 0.356 e. The molecule has 0 spiro atoms. The second-order valence-electron chi connectivity index (χ2n) is 22.2. The molecule has 3 aliphatic rings. The summed E-state index contributed by atoms with van der Waals surface area (Å²) in [5.41, 5.74) is 5.91. The van der Waals surface area contributed by atoms with E-state index < -0.39 is 42.9 Å². The first-order chi connectivity index (χ1) is 42.9. The number of aryl methyl sites for hydroxylation is 4. The monoisotopic (exact) mass is 1330 g/mol. The molecule has 10 rings (SSSR count). The Morgan fingerprint density at radius 1 is 0.802 bits per heavy atom. The number of carbonyl (C=O) groups is 5. The van der Waals surface area contributed by atoms with Crippen molar-refractivity contribution in [3.63, 3.8) is 0 Å². The number of aromatic carboxylic acids is 1. The number of hydrogen-bond acceptors (Lipinski definition) is 18. The van der Waals surface area contributed by atoms with Crippen LogP contribution in [0.4, 0.5) is 0 Å². The number of nitrogens with one attached hydrogen (secondary N) is 2. The molecule has 0 saturated heterocycles. The van der Waals surface area contributed by atoms with E-state index in [9.17, 15) is 50.7 Å². The van der Waals surface area contributed by atoms with E-state index in [0.717, 1.165) is 48.6 Å². The minimum atomic E-state index is -4.07. The lowest BCUT2D eigenvalue weighted by atomic mass is 9.91. The Morgan fingerprint density at radius 2 is 1.44 bits per heavy atom. The fraction of sp³-hybridized carbons (Fsp3) is 0.349. The van der Waals surface area contributed by atoms with E-state index in [0.29, 0.717) is 73.2 Å². The van der Waals surface area contributed by atoms with Crippen molar-refractivity contribution in [1.29, 1.82) is 0 Å². The van der Waals surface area contributed by atoms with Gasteiger partial charge < -0.3 is 34.6 Å². The second kappa shape index (κ2) is 29.5. The Bertz CT molecular complexity index is 4240. The number of amides is 2. The summed E-state index contributed by atoms with van der Waals surface area (Å²) in [6.07, 6.45) is 6.36. The number of ketones is 1. The third-order valence-corrected chi connectivity index (χ3v) is 17.4. The average Bonchev–Trinajstić information content (AvgIpc) is 1.56. The molecule has 4 aromatic carbocycles. The number of carbonyl (C=O) groups excluding carboxylic acids is 4. The standard InChI is InChI=1S/C23H32N2O4.C18H18N2O5S.C16H17N3O5S.C6H3Cl2NO2/c1-7-16-13-15(3)14-17(8-2)18(16)19-20(26)24-9-11-28-12-10-25(24)21(19)29-22(27)23(4,5)6;1-25-16-5-3-2-4-15(16)18(22)20-26(23,24)14-10-6-12(7-11-14)17(21)19-13-8-9-13;1-9-10(15(20)11-8-17-19(2)16(11)21)4-5-13(25(3,22)23)14(9)12-6-7-24-18-12;7-3-1-2-4(8)9-5(3)6(10)11/h13-14H,7-12H2,1-6H3;2-7,10-11,13H,8-9H2,1H3,(H,19,21)(H,20,22);4-5,8,21H,6-7H2,1-3H3;1-2H,(H,10,11). The highest BCUT2D eigenvalue weighted by molar-refractivity contribution is 7.91. The topological polar surface area (TPSA) is 325 Å². The van der Waals surface area contributed by atoms with Crippen LogP contribution >= 0.6 is 23.2 Å². The second-order valence-corrected chi connectivity index (χ2v) is 26.6. The summed E-state index contributed by atoms with van der Waals surface area (Å²) in [5, 5.41) is 29.2. The quantitative estimate of drug-likeness (QED) is 0.0423. The summed E-state index contributed by atoms with van der Waals surface area (Å²) in [7, 11) is -4.68. The Morgan fingerprint density at radius 3 is 1.98 bits per heavy atom. The first kappa shape index (κ1) is 69.8. The Balaban J connectivity index is 0.000000179. The van der Waals surface area contributed by atoms with E-state index in [4.69, 9.17) is 47.4 Å². The van der Waals surface area contributed by atoms with Crippen LogP contribution in [0.3, 0.4) is 0 Å². The molecule has 5 heterocycles. The van der Waals surface area contributed by atoms with Crippen molar-refractivity contribution in [3.8, 4) is 28.6 Å². The van der Waals surface area contributed by atoms with Crippen LogP contribution in [0, 0.1) is 19.3 Å². The largest absolute Gasteiger partial charge is 0.496 e. The van der Waals surface area contributed by atoms with Gasteiger partial charge in [-0.2, -0.15) is 5.10 Å². The highest BCUT2D eigenvalue weighted by Gasteiger charge is 2.33. The third kappa shape index (κ3) is 16.8. The number of nitrogens with zero attached hydrogens (tertiary/aromatic N) is 6. The number of sulfone groups is 1. The SMILES string of the molecule is CCc1cc(C)cc(CC)c1-c1c(OC(=O)C(C)(C)C)n2n(c1=O)CCOCC2.COc1ccccc1C(=O)NS(=O)(=O)c1ccc(C(=O)NC2CC2)cc1.Cc1c(C(=O)c2cnn(C)c2O)ccc(S(C)(=O)=O)c1C1=NOCC1.O=C(O)c1nc(Cl)ccc1Cl. The normalized spacial score (nSPS) is 13.6. The molecule has 1 aliphatic carbocycles. The maximum atomic E-state index is 13.5. The van der Waals surface area contributed by atoms with E-state index in [1.165, 1.54) is 85.2 Å². The number of aromatic nitrogens is 5. The molecule has 3 aromatic heterocycles. The Labute approximate surface area is 536 Å². The highest BCUT2D eigenvalue weighted by Crippen LogP contribution is 2.37. The van der Waals surface area contributed by atoms with Crippen LogP contribution in [0.1, 0.15) is 129 Å². The summed E-state index contributed by atoms with van der Waals surface area (Å²) in [6.45, 7) is 15.6. The molecule has 0 radical (unpaired) electrons. The Hall–Kier alpha value is -8.69. The minimum Gasteiger partial charge on any atom is -0.496 e. The molecule has 7 aromatic rings. The average molecular weight is 1330 g/mol. The van der Waals surface area contributed by atoms with Gasteiger partial charge in [0.1, 0.15) is 28.6 Å². The summed E-state index contributed by atoms with van der Waals surface area (Å²) in [5.74, 6) is -2.65. The first-order valence-corrected chi connectivity index (χ1v) is 32.8. The van der Waals surface area contributed by atoms with Gasteiger partial charge in [-0.25, -0.2) is 45.4 Å². The number of pyridine rings is 1. The van der Waals surface area contributed by atoms with Gasteiger partial charge in [-0.3, -0.25) is 24.0 Å². The molecule has 484 valence electrons. The van der Waals surface area contributed by atoms with Crippen molar-refractivity contribution in [2.45, 2.75) is 109 Å². The molecular weight excluding hydrogens is 1260 g/mol. The number of rotatable bonds is 15. The van der Waals surface area contributed by atoms with E-state index in [1.54, 1.807) is 34.5 Å². The van der Waals surface area contributed by atoms with Crippen molar-refractivity contribution in [2.24, 2.45) is 17.6 Å². The van der Waals surface area contributed by atoms with Gasteiger partial charge in [-0.05, 0) is 143 Å².